The summed E-state index contributed by atoms with van der Waals surface area (Å²) in [6.07, 6.45) is 2.11. The molecule has 0 radical (unpaired) electrons. The summed E-state index contributed by atoms with van der Waals surface area (Å²) in [5.41, 5.74) is 1.80. The molecule has 0 saturated heterocycles. The van der Waals surface area contributed by atoms with Gasteiger partial charge in [-0.1, -0.05) is 32.1 Å². The van der Waals surface area contributed by atoms with E-state index < -0.39 is 6.03 Å². The van der Waals surface area contributed by atoms with E-state index in [0.29, 0.717) is 46.1 Å². The third-order valence-electron chi connectivity index (χ3n) is 5.15. The predicted molar refractivity (Wildman–Crippen MR) is 141 cm³/mol. The topological polar surface area (TPSA) is 138 Å². The highest BCUT2D eigenvalue weighted by atomic mass is 32.1. The van der Waals surface area contributed by atoms with Gasteiger partial charge >= 0.3 is 6.03 Å². The number of anilines is 4. The molecular formula is C25H23N7O4S. The highest BCUT2D eigenvalue weighted by molar-refractivity contribution is 7.15. The van der Waals surface area contributed by atoms with Gasteiger partial charge in [-0.3, -0.25) is 10.1 Å². The highest BCUT2D eigenvalue weighted by Crippen LogP contribution is 2.30. The molecule has 3 amide bonds. The molecular weight excluding hydrogens is 494 g/mol. The van der Waals surface area contributed by atoms with Crippen LogP contribution in [0.4, 0.5) is 27.4 Å². The quantitative estimate of drug-likeness (QED) is 0.224. The van der Waals surface area contributed by atoms with Crippen molar-refractivity contribution in [1.29, 1.82) is 0 Å². The van der Waals surface area contributed by atoms with E-state index in [-0.39, 0.29) is 5.41 Å². The van der Waals surface area contributed by atoms with Gasteiger partial charge in [0.05, 0.1) is 17.3 Å². The molecule has 0 spiro atoms. The molecule has 3 aromatic heterocycles. The minimum absolute atomic E-state index is 0.135. The van der Waals surface area contributed by atoms with Gasteiger partial charge in [-0.15, -0.1) is 10.2 Å². The van der Waals surface area contributed by atoms with E-state index in [2.05, 4.69) is 30.8 Å². The van der Waals surface area contributed by atoms with Crippen LogP contribution in [0.25, 0.3) is 11.0 Å². The summed E-state index contributed by atoms with van der Waals surface area (Å²) < 4.78 is 11.2. The predicted octanol–water partition coefficient (Wildman–Crippen LogP) is 6.04. The number of benzene rings is 2. The third kappa shape index (κ3) is 5.43. The van der Waals surface area contributed by atoms with Crippen molar-refractivity contribution in [2.75, 3.05) is 15.5 Å². The Labute approximate surface area is 215 Å². The Balaban J connectivity index is 1.22. The van der Waals surface area contributed by atoms with Crippen molar-refractivity contribution in [3.8, 4) is 11.5 Å². The molecule has 0 fully saturated rings. The molecule has 0 atom stereocenters. The number of hydrogen-bond donors (Lipinski definition) is 3. The molecule has 3 N–H and O–H groups in total. The van der Waals surface area contributed by atoms with E-state index >= 15 is 0 Å². The lowest BCUT2D eigenvalue weighted by atomic mass is 9.98. The van der Waals surface area contributed by atoms with E-state index in [1.807, 2.05) is 26.8 Å². The molecule has 0 aliphatic rings. The smallest absolute Gasteiger partial charge is 0.325 e. The number of aromatic nitrogens is 4. The Morgan fingerprint density at radius 1 is 1.08 bits per heavy atom. The number of carbonyl (C=O) groups excluding carboxylic acids is 2. The fraction of sp³-hybridized carbons (Fsp3) is 0.160. The number of amides is 3. The lowest BCUT2D eigenvalue weighted by Gasteiger charge is -2.12. The van der Waals surface area contributed by atoms with Crippen molar-refractivity contribution in [3.63, 3.8) is 0 Å². The zero-order valence-electron chi connectivity index (χ0n) is 20.2. The average molecular weight is 518 g/mol. The Hall–Kier alpha value is -4.71. The highest BCUT2D eigenvalue weighted by Gasteiger charge is 2.20. The minimum atomic E-state index is -0.413. The molecule has 5 rings (SSSR count). The molecule has 0 unspecified atom stereocenters. The van der Waals surface area contributed by atoms with Crippen LogP contribution in [0, 0.1) is 0 Å². The van der Waals surface area contributed by atoms with Crippen LogP contribution in [-0.2, 0) is 10.2 Å². The van der Waals surface area contributed by atoms with Gasteiger partial charge in [-0.05, 0) is 42.5 Å². The number of furan rings is 1. The number of fused-ring (bicyclic) bond motifs is 1. The molecule has 0 bridgehead atoms. The first-order chi connectivity index (χ1) is 17.8. The molecule has 0 aliphatic heterocycles. The van der Waals surface area contributed by atoms with E-state index in [0.717, 1.165) is 10.5 Å². The van der Waals surface area contributed by atoms with Gasteiger partial charge in [0.25, 0.3) is 0 Å². The van der Waals surface area contributed by atoms with E-state index in [1.54, 1.807) is 48.5 Å². The van der Waals surface area contributed by atoms with Crippen molar-refractivity contribution < 1.29 is 18.7 Å². The first-order valence-electron chi connectivity index (χ1n) is 11.3. The normalized spacial score (nSPS) is 11.3. The fourth-order valence-corrected chi connectivity index (χ4v) is 4.14. The van der Waals surface area contributed by atoms with Crippen LogP contribution < -0.4 is 20.3 Å². The number of urea groups is 1. The van der Waals surface area contributed by atoms with Crippen molar-refractivity contribution in [2.24, 2.45) is 0 Å². The summed E-state index contributed by atoms with van der Waals surface area (Å²) in [6.45, 7) is 6.11. The van der Waals surface area contributed by atoms with Crippen molar-refractivity contribution in [3.05, 3.63) is 65.9 Å². The standard InChI is InChI=1S/C25H23N7O4S/c1-25(2,3)21-30-31-24(37-21)29-23(34)26-15-6-8-16(9-7-15)36-17-10-11-18-19(13-17)28-22(27-18)32(14-33)20-5-4-12-35-20/h4-14H,1-3H3,(H,27,28)(H2,26,29,31,34). The molecule has 37 heavy (non-hydrogen) atoms. The summed E-state index contributed by atoms with van der Waals surface area (Å²) in [7, 11) is 0. The monoisotopic (exact) mass is 517 g/mol. The number of rotatable bonds is 7. The van der Waals surface area contributed by atoms with Gasteiger partial charge in [-0.2, -0.15) is 0 Å². The van der Waals surface area contributed by atoms with Gasteiger partial charge in [0.2, 0.25) is 23.4 Å². The molecule has 12 heteroatoms. The number of H-pyrrole nitrogens is 1. The second-order valence-electron chi connectivity index (χ2n) is 9.03. The molecule has 0 saturated carbocycles. The minimum Gasteiger partial charge on any atom is -0.457 e. The molecule has 5 aromatic rings. The van der Waals surface area contributed by atoms with Gasteiger partial charge in [-0.25, -0.2) is 14.7 Å². The zero-order chi connectivity index (χ0) is 26.0. The van der Waals surface area contributed by atoms with Gasteiger partial charge in [0.15, 0.2) is 0 Å². The summed E-state index contributed by atoms with van der Waals surface area (Å²) in [5, 5.41) is 14.9. The maximum Gasteiger partial charge on any atom is 0.325 e. The number of ether oxygens (including phenoxy) is 1. The maximum absolute atomic E-state index is 12.3. The molecule has 188 valence electrons. The Morgan fingerprint density at radius 3 is 2.54 bits per heavy atom. The number of carbonyl (C=O) groups is 2. The number of imidazole rings is 1. The second-order valence-corrected chi connectivity index (χ2v) is 10.0. The summed E-state index contributed by atoms with van der Waals surface area (Å²) >= 11 is 1.34. The van der Waals surface area contributed by atoms with Crippen LogP contribution in [0.1, 0.15) is 25.8 Å². The van der Waals surface area contributed by atoms with E-state index in [9.17, 15) is 9.59 Å². The van der Waals surface area contributed by atoms with Gasteiger partial charge in [0.1, 0.15) is 16.5 Å². The van der Waals surface area contributed by atoms with Crippen molar-refractivity contribution in [2.45, 2.75) is 26.2 Å². The van der Waals surface area contributed by atoms with Crippen LogP contribution in [0.5, 0.6) is 11.5 Å². The third-order valence-corrected chi connectivity index (χ3v) is 6.42. The Kier molecular flexibility index (Phi) is 6.32. The van der Waals surface area contributed by atoms with Crippen molar-refractivity contribution in [1.82, 2.24) is 20.2 Å². The first kappa shape index (κ1) is 24.0. The van der Waals surface area contributed by atoms with E-state index in [4.69, 9.17) is 9.15 Å². The van der Waals surface area contributed by atoms with E-state index in [1.165, 1.54) is 22.5 Å². The molecule has 11 nitrogen and oxygen atoms in total. The zero-order valence-corrected chi connectivity index (χ0v) is 21.0. The van der Waals surface area contributed by atoms with Crippen molar-refractivity contribution >= 4 is 57.5 Å². The van der Waals surface area contributed by atoms with Gasteiger partial charge < -0.3 is 19.5 Å². The van der Waals surface area contributed by atoms with Crippen LogP contribution in [0.3, 0.4) is 0 Å². The second kappa shape index (κ2) is 9.74. The lowest BCUT2D eigenvalue weighted by Crippen LogP contribution is -2.19. The first-order valence-corrected chi connectivity index (χ1v) is 12.1. The van der Waals surface area contributed by atoms with Crippen LogP contribution >= 0.6 is 11.3 Å². The Bertz CT molecular complexity index is 1540. The largest absolute Gasteiger partial charge is 0.457 e. The summed E-state index contributed by atoms with van der Waals surface area (Å²) in [4.78, 5) is 32.7. The summed E-state index contributed by atoms with van der Waals surface area (Å²) in [6, 6.07) is 15.2. The Morgan fingerprint density at radius 2 is 1.86 bits per heavy atom. The number of nitrogens with one attached hydrogen (secondary N) is 3. The molecule has 2 aromatic carbocycles. The lowest BCUT2D eigenvalue weighted by molar-refractivity contribution is -0.107. The fourth-order valence-electron chi connectivity index (χ4n) is 3.34. The number of hydrogen-bond acceptors (Lipinski definition) is 8. The summed E-state index contributed by atoms with van der Waals surface area (Å²) in [5.74, 6) is 1.82. The molecule has 0 aliphatic carbocycles. The van der Waals surface area contributed by atoms with Gasteiger partial charge in [0, 0.05) is 23.2 Å². The van der Waals surface area contributed by atoms with Crippen LogP contribution in [-0.4, -0.2) is 32.6 Å². The van der Waals surface area contributed by atoms with Crippen LogP contribution in [0.2, 0.25) is 0 Å². The molecule has 3 heterocycles. The number of aromatic amines is 1. The maximum atomic E-state index is 12.3. The van der Waals surface area contributed by atoms with Crippen LogP contribution in [0.15, 0.2) is 65.3 Å². The SMILES string of the molecule is CC(C)(C)c1nnc(NC(=O)Nc2ccc(Oc3ccc4[nH]c(N(C=O)c5ccco5)nc4c3)cc2)s1. The average Bonchev–Trinajstić information content (AvgIpc) is 3.62. The number of nitrogens with zero attached hydrogens (tertiary/aromatic N) is 4.